The van der Waals surface area contributed by atoms with Crippen molar-refractivity contribution in [2.24, 2.45) is 0 Å². The Hall–Kier alpha value is -3.47. The first-order valence-corrected chi connectivity index (χ1v) is 14.4. The van der Waals surface area contributed by atoms with Gasteiger partial charge in [-0.25, -0.2) is 22.9 Å². The molecule has 196 valence electrons. The van der Waals surface area contributed by atoms with E-state index in [-0.39, 0.29) is 29.5 Å². The van der Waals surface area contributed by atoms with Crippen LogP contribution in [-0.4, -0.2) is 89.3 Å². The number of pyridine rings is 1. The largest absolute Gasteiger partial charge is 0.450 e. The zero-order valence-electron chi connectivity index (χ0n) is 21.3. The lowest BCUT2D eigenvalue weighted by Crippen LogP contribution is -2.50. The first kappa shape index (κ1) is 25.2. The summed E-state index contributed by atoms with van der Waals surface area (Å²) in [5.74, 6) is -0.0312. The maximum atomic E-state index is 13.9. The van der Waals surface area contributed by atoms with E-state index >= 15 is 0 Å². The second-order valence-corrected chi connectivity index (χ2v) is 11.9. The van der Waals surface area contributed by atoms with Gasteiger partial charge in [0, 0.05) is 31.7 Å². The van der Waals surface area contributed by atoms with Crippen LogP contribution in [-0.2, 0) is 14.6 Å². The van der Waals surface area contributed by atoms with Crippen molar-refractivity contribution in [3.63, 3.8) is 0 Å². The van der Waals surface area contributed by atoms with Gasteiger partial charge in [-0.3, -0.25) is 4.79 Å². The maximum Gasteiger partial charge on any atom is 0.409 e. The van der Waals surface area contributed by atoms with Gasteiger partial charge in [-0.15, -0.1) is 0 Å². The molecular formula is C26H31N5O5S. The molecule has 2 amide bonds. The van der Waals surface area contributed by atoms with Crippen molar-refractivity contribution in [2.75, 3.05) is 44.3 Å². The number of hydrogen-bond donors (Lipinski definition) is 0. The lowest BCUT2D eigenvalue weighted by Gasteiger charge is -2.34. The number of hydrogen-bond acceptors (Lipinski definition) is 7. The summed E-state index contributed by atoms with van der Waals surface area (Å²) in [5, 5.41) is 5.32. The Morgan fingerprint density at radius 3 is 2.35 bits per heavy atom. The van der Waals surface area contributed by atoms with Gasteiger partial charge in [0.2, 0.25) is 0 Å². The number of aromatic nitrogens is 3. The van der Waals surface area contributed by atoms with Gasteiger partial charge in [0.25, 0.3) is 5.91 Å². The van der Waals surface area contributed by atoms with E-state index in [0.29, 0.717) is 67.2 Å². The van der Waals surface area contributed by atoms with Gasteiger partial charge in [-0.1, -0.05) is 29.8 Å². The molecule has 2 aliphatic heterocycles. The minimum absolute atomic E-state index is 0.0127. The van der Waals surface area contributed by atoms with Crippen molar-refractivity contribution < 1.29 is 22.7 Å². The van der Waals surface area contributed by atoms with Crippen LogP contribution in [0.25, 0.3) is 22.3 Å². The number of sulfone groups is 1. The van der Waals surface area contributed by atoms with Gasteiger partial charge in [0.1, 0.15) is 0 Å². The third-order valence-corrected chi connectivity index (χ3v) is 8.81. The van der Waals surface area contributed by atoms with E-state index in [9.17, 15) is 18.0 Å². The van der Waals surface area contributed by atoms with Gasteiger partial charge < -0.3 is 14.5 Å². The molecule has 0 aliphatic carbocycles. The maximum absolute atomic E-state index is 13.9. The minimum atomic E-state index is -3.14. The van der Waals surface area contributed by atoms with Crippen LogP contribution in [0.1, 0.15) is 41.0 Å². The Balaban J connectivity index is 1.56. The highest BCUT2D eigenvalue weighted by molar-refractivity contribution is 7.91. The van der Waals surface area contributed by atoms with E-state index in [1.165, 1.54) is 0 Å². The number of nitrogens with zero attached hydrogens (tertiary/aromatic N) is 5. The first-order chi connectivity index (χ1) is 17.7. The molecular weight excluding hydrogens is 494 g/mol. The van der Waals surface area contributed by atoms with E-state index in [1.807, 2.05) is 38.1 Å². The van der Waals surface area contributed by atoms with Crippen molar-refractivity contribution in [3.8, 4) is 11.3 Å². The molecule has 1 unspecified atom stereocenters. The second-order valence-electron chi connectivity index (χ2n) is 9.68. The SMILES string of the molecule is CCOC(=O)N1CCN(C(=O)c2cc(-c3ccc(C)cc3)nc3c2c(C)nn3C2CCS(=O)(=O)C2)CC1. The molecule has 5 rings (SSSR count). The molecule has 2 aliphatic rings. The lowest BCUT2D eigenvalue weighted by atomic mass is 10.0. The molecule has 2 saturated heterocycles. The molecule has 0 saturated carbocycles. The summed E-state index contributed by atoms with van der Waals surface area (Å²) in [6, 6.07) is 9.38. The molecule has 4 heterocycles. The molecule has 2 fully saturated rings. The number of benzene rings is 1. The molecule has 10 nitrogen and oxygen atoms in total. The van der Waals surface area contributed by atoms with E-state index < -0.39 is 9.84 Å². The topological polar surface area (TPSA) is 115 Å². The van der Waals surface area contributed by atoms with Gasteiger partial charge >= 0.3 is 6.09 Å². The Bertz CT molecular complexity index is 1460. The number of piperazine rings is 1. The fraction of sp³-hybridized carbons (Fsp3) is 0.462. The fourth-order valence-corrected chi connectivity index (χ4v) is 6.75. The van der Waals surface area contributed by atoms with Crippen LogP contribution >= 0.6 is 0 Å². The predicted octanol–water partition coefficient (Wildman–Crippen LogP) is 2.99. The summed E-state index contributed by atoms with van der Waals surface area (Å²) >= 11 is 0. The van der Waals surface area contributed by atoms with E-state index in [1.54, 1.807) is 27.5 Å². The van der Waals surface area contributed by atoms with E-state index in [0.717, 1.165) is 11.1 Å². The fourth-order valence-electron chi connectivity index (χ4n) is 5.05. The Morgan fingerprint density at radius 2 is 1.73 bits per heavy atom. The highest BCUT2D eigenvalue weighted by atomic mass is 32.2. The van der Waals surface area contributed by atoms with Crippen LogP contribution < -0.4 is 0 Å². The van der Waals surface area contributed by atoms with E-state index in [2.05, 4.69) is 5.10 Å². The molecule has 1 aromatic carbocycles. The van der Waals surface area contributed by atoms with Crippen molar-refractivity contribution in [2.45, 2.75) is 33.2 Å². The van der Waals surface area contributed by atoms with Crippen LogP contribution in [0.2, 0.25) is 0 Å². The van der Waals surface area contributed by atoms with Gasteiger partial charge in [-0.05, 0) is 33.3 Å². The van der Waals surface area contributed by atoms with Crippen LogP contribution in [0.3, 0.4) is 0 Å². The predicted molar refractivity (Wildman–Crippen MR) is 139 cm³/mol. The summed E-state index contributed by atoms with van der Waals surface area (Å²) in [5.41, 5.74) is 4.23. The summed E-state index contributed by atoms with van der Waals surface area (Å²) in [7, 11) is -3.14. The number of carbonyl (C=O) groups excluding carboxylic acids is 2. The third-order valence-electron chi connectivity index (χ3n) is 7.06. The molecule has 3 aromatic rings. The van der Waals surface area contributed by atoms with Crippen LogP contribution in [0, 0.1) is 13.8 Å². The smallest absolute Gasteiger partial charge is 0.409 e. The molecule has 2 aromatic heterocycles. The highest BCUT2D eigenvalue weighted by Crippen LogP contribution is 2.33. The number of aryl methyl sites for hydroxylation is 2. The Kier molecular flexibility index (Phi) is 6.65. The first-order valence-electron chi connectivity index (χ1n) is 12.5. The molecule has 0 radical (unpaired) electrons. The number of rotatable bonds is 4. The van der Waals surface area contributed by atoms with Gasteiger partial charge in [0.15, 0.2) is 15.5 Å². The van der Waals surface area contributed by atoms with Crippen molar-refractivity contribution in [1.29, 1.82) is 0 Å². The summed E-state index contributed by atoms with van der Waals surface area (Å²) in [6.07, 6.45) is 0.0971. The zero-order valence-corrected chi connectivity index (χ0v) is 22.1. The van der Waals surface area contributed by atoms with Gasteiger partial charge in [0.05, 0.1) is 46.5 Å². The van der Waals surface area contributed by atoms with Crippen molar-refractivity contribution in [1.82, 2.24) is 24.6 Å². The molecule has 0 N–H and O–H groups in total. The lowest BCUT2D eigenvalue weighted by molar-refractivity contribution is 0.0572. The number of amides is 2. The second kappa shape index (κ2) is 9.77. The zero-order chi connectivity index (χ0) is 26.3. The quantitative estimate of drug-likeness (QED) is 0.514. The Morgan fingerprint density at radius 1 is 1.05 bits per heavy atom. The number of fused-ring (bicyclic) bond motifs is 1. The summed E-state index contributed by atoms with van der Waals surface area (Å²) in [6.45, 7) is 7.45. The number of carbonyl (C=O) groups is 2. The number of ether oxygens (including phenoxy) is 1. The summed E-state index contributed by atoms with van der Waals surface area (Å²) in [4.78, 5) is 34.2. The van der Waals surface area contributed by atoms with Crippen LogP contribution in [0.5, 0.6) is 0 Å². The molecule has 0 bridgehead atoms. The third kappa shape index (κ3) is 4.92. The van der Waals surface area contributed by atoms with E-state index in [4.69, 9.17) is 9.72 Å². The van der Waals surface area contributed by atoms with Crippen LogP contribution in [0.15, 0.2) is 30.3 Å². The average molecular weight is 526 g/mol. The molecule has 0 spiro atoms. The summed E-state index contributed by atoms with van der Waals surface area (Å²) < 4.78 is 31.2. The van der Waals surface area contributed by atoms with Crippen molar-refractivity contribution in [3.05, 3.63) is 47.2 Å². The monoisotopic (exact) mass is 525 g/mol. The molecule has 37 heavy (non-hydrogen) atoms. The molecule has 1 atom stereocenters. The normalized spacial score (nSPS) is 19.4. The molecule has 11 heteroatoms. The minimum Gasteiger partial charge on any atom is -0.450 e. The van der Waals surface area contributed by atoms with Crippen LogP contribution in [0.4, 0.5) is 4.79 Å². The van der Waals surface area contributed by atoms with Gasteiger partial charge in [-0.2, -0.15) is 5.10 Å². The Labute approximate surface area is 216 Å². The highest BCUT2D eigenvalue weighted by Gasteiger charge is 2.33. The average Bonchev–Trinajstić information content (AvgIpc) is 3.42. The van der Waals surface area contributed by atoms with Crippen molar-refractivity contribution >= 4 is 32.9 Å². The standard InChI is InChI=1S/C26H31N5O5S/c1-4-36-26(33)30-12-10-29(11-13-30)25(32)21-15-22(19-7-5-17(2)6-8-19)27-24-23(21)18(3)28-31(24)20-9-14-37(34,35)16-20/h5-8,15,20H,4,9-14,16H2,1-3H3.